The van der Waals surface area contributed by atoms with Gasteiger partial charge in [-0.15, -0.1) is 0 Å². The second kappa shape index (κ2) is 6.92. The van der Waals surface area contributed by atoms with Gasteiger partial charge in [0.05, 0.1) is 12.7 Å². The molecule has 0 spiro atoms. The second-order valence-corrected chi connectivity index (χ2v) is 5.87. The van der Waals surface area contributed by atoms with E-state index in [-0.39, 0.29) is 11.8 Å². The van der Waals surface area contributed by atoms with Gasteiger partial charge in [-0.3, -0.25) is 4.90 Å². The van der Waals surface area contributed by atoms with Gasteiger partial charge in [0.1, 0.15) is 5.82 Å². The maximum Gasteiger partial charge on any atom is 0.337 e. The van der Waals surface area contributed by atoms with Gasteiger partial charge in [0.2, 0.25) is 0 Å². The number of carbonyl (C=O) groups excluding carboxylic acids is 1. The van der Waals surface area contributed by atoms with Crippen LogP contribution in [-0.4, -0.2) is 24.5 Å². The average molecular weight is 313 g/mol. The van der Waals surface area contributed by atoms with Crippen LogP contribution in [0.1, 0.15) is 40.4 Å². The molecule has 1 aliphatic heterocycles. The Morgan fingerprint density at radius 2 is 1.87 bits per heavy atom. The van der Waals surface area contributed by atoms with Crippen molar-refractivity contribution in [3.8, 4) is 0 Å². The summed E-state index contributed by atoms with van der Waals surface area (Å²) in [4.78, 5) is 13.9. The highest BCUT2D eigenvalue weighted by molar-refractivity contribution is 5.89. The normalized spacial score (nSPS) is 18.1. The smallest absolute Gasteiger partial charge is 0.337 e. The Kier molecular flexibility index (Phi) is 4.72. The number of hydrogen-bond acceptors (Lipinski definition) is 3. The lowest BCUT2D eigenvalue weighted by molar-refractivity contribution is 0.0600. The summed E-state index contributed by atoms with van der Waals surface area (Å²) in [5.41, 5.74) is 2.88. The van der Waals surface area contributed by atoms with E-state index >= 15 is 0 Å². The van der Waals surface area contributed by atoms with Gasteiger partial charge in [0.15, 0.2) is 0 Å². The van der Waals surface area contributed by atoms with Crippen molar-refractivity contribution in [3.05, 3.63) is 71.0 Å². The monoisotopic (exact) mass is 313 g/mol. The molecule has 0 bridgehead atoms. The second-order valence-electron chi connectivity index (χ2n) is 5.87. The van der Waals surface area contributed by atoms with Gasteiger partial charge in [0.25, 0.3) is 0 Å². The van der Waals surface area contributed by atoms with Crippen LogP contribution in [0.4, 0.5) is 4.39 Å². The van der Waals surface area contributed by atoms with E-state index in [4.69, 9.17) is 4.74 Å². The van der Waals surface area contributed by atoms with Crippen LogP contribution in [0, 0.1) is 5.82 Å². The van der Waals surface area contributed by atoms with Crippen molar-refractivity contribution in [3.63, 3.8) is 0 Å². The number of carbonyl (C=O) groups is 1. The maximum absolute atomic E-state index is 13.1. The lowest BCUT2D eigenvalue weighted by Crippen LogP contribution is -2.22. The first kappa shape index (κ1) is 15.7. The molecular weight excluding hydrogens is 293 g/mol. The number of esters is 1. The van der Waals surface area contributed by atoms with Gasteiger partial charge in [0, 0.05) is 12.6 Å². The molecule has 0 aromatic heterocycles. The summed E-state index contributed by atoms with van der Waals surface area (Å²) in [5, 5.41) is 0. The molecule has 3 nitrogen and oxygen atoms in total. The van der Waals surface area contributed by atoms with Crippen molar-refractivity contribution in [2.24, 2.45) is 0 Å². The van der Waals surface area contributed by atoms with Crippen molar-refractivity contribution in [2.75, 3.05) is 13.7 Å². The van der Waals surface area contributed by atoms with Crippen molar-refractivity contribution < 1.29 is 13.9 Å². The third kappa shape index (κ3) is 3.59. The first-order chi connectivity index (χ1) is 11.2. The summed E-state index contributed by atoms with van der Waals surface area (Å²) in [5.74, 6) is -0.515. The topological polar surface area (TPSA) is 29.5 Å². The molecule has 0 saturated carbocycles. The largest absolute Gasteiger partial charge is 0.465 e. The molecule has 1 atom stereocenters. The number of halogens is 1. The predicted octanol–water partition coefficient (Wildman–Crippen LogP) is 3.95. The summed E-state index contributed by atoms with van der Waals surface area (Å²) in [6.07, 6.45) is 2.23. The van der Waals surface area contributed by atoms with Crippen molar-refractivity contribution in [1.82, 2.24) is 4.90 Å². The van der Waals surface area contributed by atoms with E-state index in [0.717, 1.165) is 37.1 Å². The number of benzene rings is 2. The van der Waals surface area contributed by atoms with Gasteiger partial charge in [-0.25, -0.2) is 9.18 Å². The summed E-state index contributed by atoms with van der Waals surface area (Å²) in [7, 11) is 1.38. The molecule has 23 heavy (non-hydrogen) atoms. The number of rotatable bonds is 4. The minimum atomic E-state index is -0.318. The Morgan fingerprint density at radius 3 is 2.52 bits per heavy atom. The van der Waals surface area contributed by atoms with E-state index in [1.807, 2.05) is 24.3 Å². The molecule has 0 radical (unpaired) electrons. The molecule has 120 valence electrons. The summed E-state index contributed by atoms with van der Waals surface area (Å²) in [6.45, 7) is 1.85. The van der Waals surface area contributed by atoms with E-state index in [0.29, 0.717) is 11.6 Å². The van der Waals surface area contributed by atoms with E-state index in [2.05, 4.69) is 4.90 Å². The Hall–Kier alpha value is -2.20. The van der Waals surface area contributed by atoms with Gasteiger partial charge < -0.3 is 4.74 Å². The standard InChI is InChI=1S/C19H20FNO2/c1-23-19(22)16-6-4-14(5-7-16)13-21-12-2-3-18(21)15-8-10-17(20)11-9-15/h4-11,18H,2-3,12-13H2,1H3. The lowest BCUT2D eigenvalue weighted by atomic mass is 10.0. The Bertz CT molecular complexity index is 667. The van der Waals surface area contributed by atoms with E-state index < -0.39 is 0 Å². The summed E-state index contributed by atoms with van der Waals surface area (Å²) in [6, 6.07) is 14.6. The minimum Gasteiger partial charge on any atom is -0.465 e. The van der Waals surface area contributed by atoms with Crippen LogP contribution in [0.2, 0.25) is 0 Å². The molecule has 1 aliphatic rings. The van der Waals surface area contributed by atoms with Crippen LogP contribution in [0.15, 0.2) is 48.5 Å². The van der Waals surface area contributed by atoms with Crippen molar-refractivity contribution in [2.45, 2.75) is 25.4 Å². The zero-order valence-electron chi connectivity index (χ0n) is 13.2. The van der Waals surface area contributed by atoms with E-state index in [9.17, 15) is 9.18 Å². The number of methoxy groups -OCH3 is 1. The van der Waals surface area contributed by atoms with Gasteiger partial charge in [-0.1, -0.05) is 24.3 Å². The van der Waals surface area contributed by atoms with Crippen LogP contribution in [0.25, 0.3) is 0 Å². The summed E-state index contributed by atoms with van der Waals surface area (Å²) >= 11 is 0. The van der Waals surface area contributed by atoms with Crippen LogP contribution >= 0.6 is 0 Å². The quantitative estimate of drug-likeness (QED) is 0.801. The van der Waals surface area contributed by atoms with Crippen molar-refractivity contribution in [1.29, 1.82) is 0 Å². The van der Waals surface area contributed by atoms with Gasteiger partial charge in [-0.2, -0.15) is 0 Å². The maximum atomic E-state index is 13.1. The molecule has 0 N–H and O–H groups in total. The van der Waals surface area contributed by atoms with E-state index in [1.165, 1.54) is 19.2 Å². The molecule has 1 heterocycles. The Balaban J connectivity index is 1.71. The van der Waals surface area contributed by atoms with Crippen LogP contribution in [0.3, 0.4) is 0 Å². The molecule has 3 rings (SSSR count). The van der Waals surface area contributed by atoms with Gasteiger partial charge >= 0.3 is 5.97 Å². The molecule has 0 aliphatic carbocycles. The Morgan fingerprint density at radius 1 is 1.17 bits per heavy atom. The third-order valence-corrected chi connectivity index (χ3v) is 4.38. The molecule has 1 unspecified atom stereocenters. The molecular formula is C19H20FNO2. The van der Waals surface area contributed by atoms with Crippen molar-refractivity contribution >= 4 is 5.97 Å². The van der Waals surface area contributed by atoms with E-state index in [1.54, 1.807) is 12.1 Å². The minimum absolute atomic E-state index is 0.198. The molecule has 0 amide bonds. The molecule has 2 aromatic rings. The number of hydrogen-bond donors (Lipinski definition) is 0. The zero-order chi connectivity index (χ0) is 16.2. The number of nitrogens with zero attached hydrogens (tertiary/aromatic N) is 1. The first-order valence-corrected chi connectivity index (χ1v) is 7.84. The zero-order valence-corrected chi connectivity index (χ0v) is 13.2. The molecule has 4 heteroatoms. The highest BCUT2D eigenvalue weighted by Gasteiger charge is 2.25. The van der Waals surface area contributed by atoms with Gasteiger partial charge in [-0.05, 0) is 54.8 Å². The molecule has 1 saturated heterocycles. The fraction of sp³-hybridized carbons (Fsp3) is 0.316. The first-order valence-electron chi connectivity index (χ1n) is 7.84. The lowest BCUT2D eigenvalue weighted by Gasteiger charge is -2.25. The SMILES string of the molecule is COC(=O)c1ccc(CN2CCCC2c2ccc(F)cc2)cc1. The fourth-order valence-electron chi connectivity index (χ4n) is 3.18. The average Bonchev–Trinajstić information content (AvgIpc) is 3.03. The molecule has 2 aromatic carbocycles. The van der Waals surface area contributed by atoms with Crippen LogP contribution in [-0.2, 0) is 11.3 Å². The Labute approximate surface area is 135 Å². The highest BCUT2D eigenvalue weighted by atomic mass is 19.1. The van der Waals surface area contributed by atoms with Crippen LogP contribution in [0.5, 0.6) is 0 Å². The molecule has 1 fully saturated rings. The fourth-order valence-corrected chi connectivity index (χ4v) is 3.18. The number of likely N-dealkylation sites (tertiary alicyclic amines) is 1. The number of ether oxygens (including phenoxy) is 1. The highest BCUT2D eigenvalue weighted by Crippen LogP contribution is 2.33. The van der Waals surface area contributed by atoms with Crippen LogP contribution < -0.4 is 0 Å². The third-order valence-electron chi connectivity index (χ3n) is 4.38. The predicted molar refractivity (Wildman–Crippen MR) is 86.6 cm³/mol. The summed E-state index contributed by atoms with van der Waals surface area (Å²) < 4.78 is 17.8.